The Morgan fingerprint density at radius 1 is 1.07 bits per heavy atom. The number of aromatic amines is 1. The van der Waals surface area contributed by atoms with Crippen LogP contribution in [0, 0.1) is 31.5 Å². The first-order valence-corrected chi connectivity index (χ1v) is 10.4. The number of fused-ring (bicyclic) bond motifs is 1. The van der Waals surface area contributed by atoms with E-state index < -0.39 is 11.2 Å². The number of benzene rings is 1. The van der Waals surface area contributed by atoms with E-state index in [0.717, 1.165) is 32.4 Å². The first kappa shape index (κ1) is 17.9. The van der Waals surface area contributed by atoms with Crippen LogP contribution in [0.3, 0.4) is 0 Å². The van der Waals surface area contributed by atoms with Crippen molar-refractivity contribution in [2.24, 2.45) is 17.6 Å². The zero-order valence-electron chi connectivity index (χ0n) is 16.4. The fourth-order valence-corrected chi connectivity index (χ4v) is 5.06. The van der Waals surface area contributed by atoms with Crippen LogP contribution in [-0.2, 0) is 0 Å². The van der Waals surface area contributed by atoms with E-state index in [1.165, 1.54) is 12.8 Å². The standard InChI is InChI=1S/C21H27FN4O2/c1-10-15-18(26(14-5-6-14)21(28)24-20(15)27)11(2)19(16(10)22)25-8-7-13(9-25)17(23)12-3-4-12/h12-14,17H,3-9,23H2,1-2H3,(H,24,27,28). The van der Waals surface area contributed by atoms with Gasteiger partial charge in [0.05, 0.1) is 16.6 Å². The first-order chi connectivity index (χ1) is 13.4. The molecule has 1 saturated heterocycles. The van der Waals surface area contributed by atoms with Crippen molar-refractivity contribution in [1.29, 1.82) is 0 Å². The maximum atomic E-state index is 15.5. The zero-order valence-corrected chi connectivity index (χ0v) is 16.4. The maximum Gasteiger partial charge on any atom is 0.329 e. The second-order valence-corrected chi connectivity index (χ2v) is 8.91. The highest BCUT2D eigenvalue weighted by Crippen LogP contribution is 2.42. The Balaban J connectivity index is 1.67. The second-order valence-electron chi connectivity index (χ2n) is 8.91. The molecule has 28 heavy (non-hydrogen) atoms. The van der Waals surface area contributed by atoms with Gasteiger partial charge < -0.3 is 10.6 Å². The summed E-state index contributed by atoms with van der Waals surface area (Å²) in [4.78, 5) is 29.5. The fourth-order valence-electron chi connectivity index (χ4n) is 5.06. The smallest absolute Gasteiger partial charge is 0.329 e. The minimum Gasteiger partial charge on any atom is -0.369 e. The van der Waals surface area contributed by atoms with Gasteiger partial charge in [0, 0.05) is 36.3 Å². The molecule has 1 aliphatic heterocycles. The zero-order chi connectivity index (χ0) is 19.7. The molecule has 2 atom stereocenters. The third-order valence-electron chi connectivity index (χ3n) is 6.93. The van der Waals surface area contributed by atoms with Crippen molar-refractivity contribution < 1.29 is 4.39 Å². The molecule has 2 unspecified atom stereocenters. The molecule has 1 aromatic heterocycles. The van der Waals surface area contributed by atoms with Crippen molar-refractivity contribution in [2.45, 2.75) is 58.0 Å². The van der Waals surface area contributed by atoms with Gasteiger partial charge in [0.15, 0.2) is 5.82 Å². The van der Waals surface area contributed by atoms with Crippen LogP contribution in [0.5, 0.6) is 0 Å². The van der Waals surface area contributed by atoms with Gasteiger partial charge in [0.25, 0.3) is 5.56 Å². The molecular formula is C21H27FN4O2. The van der Waals surface area contributed by atoms with E-state index >= 15 is 4.39 Å². The number of nitrogens with one attached hydrogen (secondary N) is 1. The van der Waals surface area contributed by atoms with Crippen molar-refractivity contribution in [3.05, 3.63) is 37.8 Å². The van der Waals surface area contributed by atoms with Crippen LogP contribution in [0.4, 0.5) is 10.1 Å². The van der Waals surface area contributed by atoms with Crippen LogP contribution in [0.15, 0.2) is 9.59 Å². The number of aromatic nitrogens is 2. The Morgan fingerprint density at radius 3 is 2.43 bits per heavy atom. The molecule has 3 fully saturated rings. The van der Waals surface area contributed by atoms with Gasteiger partial charge in [-0.1, -0.05) is 0 Å². The molecule has 2 aromatic rings. The summed E-state index contributed by atoms with van der Waals surface area (Å²) in [7, 11) is 0. The van der Waals surface area contributed by atoms with Crippen LogP contribution in [0.2, 0.25) is 0 Å². The summed E-state index contributed by atoms with van der Waals surface area (Å²) in [6.45, 7) is 4.97. The van der Waals surface area contributed by atoms with Crippen LogP contribution < -0.4 is 21.9 Å². The lowest BCUT2D eigenvalue weighted by Gasteiger charge is -2.26. The normalized spacial score (nSPS) is 23.6. The third kappa shape index (κ3) is 2.63. The van der Waals surface area contributed by atoms with Gasteiger partial charge in [0.2, 0.25) is 0 Å². The molecule has 6 nitrogen and oxygen atoms in total. The van der Waals surface area contributed by atoms with Gasteiger partial charge in [-0.3, -0.25) is 14.3 Å². The molecule has 0 spiro atoms. The van der Waals surface area contributed by atoms with Gasteiger partial charge >= 0.3 is 5.69 Å². The number of rotatable bonds is 4. The highest BCUT2D eigenvalue weighted by Gasteiger charge is 2.38. The Bertz CT molecular complexity index is 1080. The van der Waals surface area contributed by atoms with Crippen molar-refractivity contribution in [2.75, 3.05) is 18.0 Å². The van der Waals surface area contributed by atoms with E-state index in [1.807, 2.05) is 6.92 Å². The van der Waals surface area contributed by atoms with Gasteiger partial charge in [-0.15, -0.1) is 0 Å². The van der Waals surface area contributed by atoms with Crippen molar-refractivity contribution in [1.82, 2.24) is 9.55 Å². The van der Waals surface area contributed by atoms with Gasteiger partial charge in [-0.2, -0.15) is 0 Å². The summed E-state index contributed by atoms with van der Waals surface area (Å²) in [6, 6.07) is 0.278. The Kier molecular flexibility index (Phi) is 3.95. The molecule has 2 aliphatic carbocycles. The minimum absolute atomic E-state index is 0.0953. The van der Waals surface area contributed by atoms with Gasteiger partial charge in [-0.05, 0) is 57.8 Å². The van der Waals surface area contributed by atoms with E-state index in [2.05, 4.69) is 9.88 Å². The molecule has 2 heterocycles. The molecule has 0 bridgehead atoms. The highest BCUT2D eigenvalue weighted by molar-refractivity contribution is 5.90. The monoisotopic (exact) mass is 386 g/mol. The largest absolute Gasteiger partial charge is 0.369 e. The lowest BCUT2D eigenvalue weighted by atomic mass is 9.96. The minimum atomic E-state index is -0.502. The summed E-state index contributed by atoms with van der Waals surface area (Å²) in [6.07, 6.45) is 5.19. The maximum absolute atomic E-state index is 15.5. The second kappa shape index (κ2) is 6.17. The SMILES string of the molecule is Cc1c(F)c(N2CCC(C(N)C3CC3)C2)c(C)c2c1c(=O)[nH]c(=O)n2C1CC1. The number of H-pyrrole nitrogens is 1. The molecule has 0 radical (unpaired) electrons. The number of hydrogen-bond donors (Lipinski definition) is 2. The van der Waals surface area contributed by atoms with Crippen molar-refractivity contribution in [3.63, 3.8) is 0 Å². The fraction of sp³-hybridized carbons (Fsp3) is 0.619. The number of hydrogen-bond acceptors (Lipinski definition) is 4. The van der Waals surface area contributed by atoms with Crippen LogP contribution in [0.25, 0.3) is 10.9 Å². The summed E-state index contributed by atoms with van der Waals surface area (Å²) in [5.41, 5.74) is 7.67. The van der Waals surface area contributed by atoms with Crippen molar-refractivity contribution >= 4 is 16.6 Å². The molecule has 2 saturated carbocycles. The summed E-state index contributed by atoms with van der Waals surface area (Å²) < 4.78 is 17.1. The number of anilines is 1. The Morgan fingerprint density at radius 2 is 1.79 bits per heavy atom. The van der Waals surface area contributed by atoms with Gasteiger partial charge in [0.1, 0.15) is 0 Å². The van der Waals surface area contributed by atoms with Crippen molar-refractivity contribution in [3.8, 4) is 0 Å². The topological polar surface area (TPSA) is 84.1 Å². The molecular weight excluding hydrogens is 359 g/mol. The van der Waals surface area contributed by atoms with Crippen LogP contribution >= 0.6 is 0 Å². The quantitative estimate of drug-likeness (QED) is 0.845. The molecule has 7 heteroatoms. The summed E-state index contributed by atoms with van der Waals surface area (Å²) >= 11 is 0. The highest BCUT2D eigenvalue weighted by atomic mass is 19.1. The van der Waals surface area contributed by atoms with Gasteiger partial charge in [-0.25, -0.2) is 9.18 Å². The number of halogens is 1. The van der Waals surface area contributed by atoms with E-state index in [9.17, 15) is 9.59 Å². The first-order valence-electron chi connectivity index (χ1n) is 10.4. The van der Waals surface area contributed by atoms with Crippen LogP contribution in [-0.4, -0.2) is 28.7 Å². The van der Waals surface area contributed by atoms with E-state index in [4.69, 9.17) is 5.73 Å². The molecule has 1 aromatic carbocycles. The summed E-state index contributed by atoms with van der Waals surface area (Å²) in [5, 5.41) is 0.302. The third-order valence-corrected chi connectivity index (χ3v) is 6.93. The molecule has 3 N–H and O–H groups in total. The van der Waals surface area contributed by atoms with E-state index in [1.54, 1.807) is 11.5 Å². The van der Waals surface area contributed by atoms with E-state index in [0.29, 0.717) is 39.6 Å². The van der Waals surface area contributed by atoms with Crippen LogP contribution in [0.1, 0.15) is 49.3 Å². The predicted molar refractivity (Wildman–Crippen MR) is 108 cm³/mol. The lowest BCUT2D eigenvalue weighted by Crippen LogP contribution is -2.35. The average Bonchev–Trinajstić information content (AvgIpc) is 3.57. The number of aryl methyl sites for hydroxylation is 2. The number of nitrogens with two attached hydrogens (primary N) is 1. The molecule has 0 amide bonds. The molecule has 5 rings (SSSR count). The summed E-state index contributed by atoms with van der Waals surface area (Å²) in [5.74, 6) is 0.636. The molecule has 3 aliphatic rings. The average molecular weight is 386 g/mol. The Labute approximate surface area is 162 Å². The predicted octanol–water partition coefficient (Wildman–Crippen LogP) is 2.34. The lowest BCUT2D eigenvalue weighted by molar-refractivity contribution is 0.417. The van der Waals surface area contributed by atoms with E-state index in [-0.39, 0.29) is 17.9 Å². The number of nitrogens with zero attached hydrogens (tertiary/aromatic N) is 2. The Hall–Kier alpha value is -2.15. The molecule has 150 valence electrons.